The lowest BCUT2D eigenvalue weighted by atomic mass is 10.1. The van der Waals surface area contributed by atoms with E-state index in [2.05, 4.69) is 14.7 Å². The molecule has 0 aliphatic heterocycles. The van der Waals surface area contributed by atoms with Crippen LogP contribution in [0.25, 0.3) is 0 Å². The minimum atomic E-state index is 0.431. The van der Waals surface area contributed by atoms with Crippen molar-refractivity contribution in [2.24, 2.45) is 10.9 Å². The van der Waals surface area contributed by atoms with Crippen molar-refractivity contribution in [1.82, 2.24) is 9.55 Å². The molecular weight excluding hydrogens is 252 g/mol. The van der Waals surface area contributed by atoms with E-state index in [-0.39, 0.29) is 0 Å². The van der Waals surface area contributed by atoms with E-state index in [0.717, 1.165) is 30.1 Å². The van der Waals surface area contributed by atoms with E-state index in [4.69, 9.17) is 10.6 Å². The monoisotopic (exact) mass is 272 g/mol. The average Bonchev–Trinajstić information content (AvgIpc) is 2.89. The van der Waals surface area contributed by atoms with E-state index in [0.29, 0.717) is 13.2 Å². The van der Waals surface area contributed by atoms with Crippen LogP contribution < -0.4 is 5.73 Å². The molecule has 106 valence electrons. The summed E-state index contributed by atoms with van der Waals surface area (Å²) in [7, 11) is 0. The molecule has 0 aliphatic carbocycles. The maximum absolute atomic E-state index is 5.42. The summed E-state index contributed by atoms with van der Waals surface area (Å²) in [5, 5.41) is 4.22. The number of aryl methyl sites for hydroxylation is 2. The Hall–Kier alpha value is -2.14. The van der Waals surface area contributed by atoms with E-state index in [1.807, 2.05) is 43.5 Å². The smallest absolute Gasteiger partial charge is 0.129 e. The lowest BCUT2D eigenvalue weighted by Crippen LogP contribution is -2.11. The molecule has 5 nitrogen and oxygen atoms in total. The van der Waals surface area contributed by atoms with Gasteiger partial charge in [-0.1, -0.05) is 35.5 Å². The Labute approximate surface area is 119 Å². The molecule has 20 heavy (non-hydrogen) atoms. The summed E-state index contributed by atoms with van der Waals surface area (Å²) >= 11 is 0. The van der Waals surface area contributed by atoms with Crippen molar-refractivity contribution in [1.29, 1.82) is 0 Å². The summed E-state index contributed by atoms with van der Waals surface area (Å²) in [6.45, 7) is 3.71. The Kier molecular flexibility index (Phi) is 5.32. The lowest BCUT2D eigenvalue weighted by Gasteiger charge is -2.08. The zero-order chi connectivity index (χ0) is 14.2. The molecular formula is C15H20N4O. The molecule has 2 N–H and O–H groups in total. The van der Waals surface area contributed by atoms with E-state index < -0.39 is 0 Å². The number of nitrogens with zero attached hydrogens (tertiary/aromatic N) is 3. The summed E-state index contributed by atoms with van der Waals surface area (Å²) in [5.74, 6) is 1.00. The predicted molar refractivity (Wildman–Crippen MR) is 79.6 cm³/mol. The van der Waals surface area contributed by atoms with Crippen LogP contribution in [0.5, 0.6) is 0 Å². The molecule has 0 atom stereocenters. The van der Waals surface area contributed by atoms with E-state index in [1.165, 1.54) is 0 Å². The average molecular weight is 272 g/mol. The second-order valence-electron chi connectivity index (χ2n) is 4.44. The van der Waals surface area contributed by atoms with Crippen molar-refractivity contribution in [3.63, 3.8) is 0 Å². The molecule has 0 saturated carbocycles. The number of nitrogens with two attached hydrogens (primary N) is 1. The number of oxime groups is 1. The van der Waals surface area contributed by atoms with Gasteiger partial charge < -0.3 is 15.1 Å². The molecule has 0 saturated heterocycles. The van der Waals surface area contributed by atoms with Crippen LogP contribution in [-0.4, -0.2) is 28.4 Å². The first-order chi connectivity index (χ1) is 9.81. The molecule has 1 aromatic carbocycles. The fraction of sp³-hybridized carbons (Fsp3) is 0.333. The molecule has 0 fully saturated rings. The zero-order valence-corrected chi connectivity index (χ0v) is 11.7. The van der Waals surface area contributed by atoms with E-state index >= 15 is 0 Å². The summed E-state index contributed by atoms with van der Waals surface area (Å²) in [6.07, 6.45) is 4.56. The van der Waals surface area contributed by atoms with Gasteiger partial charge in [-0.2, -0.15) is 0 Å². The highest BCUT2D eigenvalue weighted by molar-refractivity contribution is 6.00. The van der Waals surface area contributed by atoms with Crippen molar-refractivity contribution < 1.29 is 4.84 Å². The van der Waals surface area contributed by atoms with Crippen molar-refractivity contribution in [2.75, 3.05) is 13.2 Å². The highest BCUT2D eigenvalue weighted by Crippen LogP contribution is 2.08. The highest BCUT2D eigenvalue weighted by atomic mass is 16.6. The number of aromatic nitrogens is 2. The molecule has 0 unspecified atom stereocenters. The normalized spacial score (nSPS) is 11.6. The quantitative estimate of drug-likeness (QED) is 0.476. The first-order valence-electron chi connectivity index (χ1n) is 6.73. The maximum Gasteiger partial charge on any atom is 0.129 e. The largest absolute Gasteiger partial charge is 0.394 e. The first-order valence-corrected chi connectivity index (χ1v) is 6.73. The molecule has 1 aromatic heterocycles. The van der Waals surface area contributed by atoms with Crippen LogP contribution in [0, 0.1) is 6.92 Å². The third-order valence-electron chi connectivity index (χ3n) is 3.00. The van der Waals surface area contributed by atoms with Gasteiger partial charge in [0.1, 0.15) is 12.4 Å². The Morgan fingerprint density at radius 1 is 1.35 bits per heavy atom. The number of benzene rings is 1. The van der Waals surface area contributed by atoms with Crippen LogP contribution in [0.2, 0.25) is 0 Å². The van der Waals surface area contributed by atoms with E-state index in [1.54, 1.807) is 6.20 Å². The molecule has 0 spiro atoms. The van der Waals surface area contributed by atoms with Crippen molar-refractivity contribution in [3.05, 3.63) is 54.1 Å². The van der Waals surface area contributed by atoms with Gasteiger partial charge in [-0.15, -0.1) is 0 Å². The summed E-state index contributed by atoms with van der Waals surface area (Å²) in [6, 6.07) is 10.0. The molecule has 0 bridgehead atoms. The van der Waals surface area contributed by atoms with Gasteiger partial charge in [-0.3, -0.25) is 0 Å². The van der Waals surface area contributed by atoms with Gasteiger partial charge in [0.05, 0.1) is 5.71 Å². The minimum Gasteiger partial charge on any atom is -0.394 e. The van der Waals surface area contributed by atoms with Crippen LogP contribution in [0.15, 0.2) is 47.9 Å². The van der Waals surface area contributed by atoms with Gasteiger partial charge in [-0.25, -0.2) is 4.98 Å². The van der Waals surface area contributed by atoms with Gasteiger partial charge in [0.2, 0.25) is 0 Å². The first kappa shape index (κ1) is 14.3. The third kappa shape index (κ3) is 3.93. The minimum absolute atomic E-state index is 0.431. The van der Waals surface area contributed by atoms with E-state index in [9.17, 15) is 0 Å². The van der Waals surface area contributed by atoms with Crippen molar-refractivity contribution >= 4 is 5.71 Å². The summed E-state index contributed by atoms with van der Waals surface area (Å²) in [5.41, 5.74) is 7.41. The van der Waals surface area contributed by atoms with Gasteiger partial charge in [0.15, 0.2) is 0 Å². The molecule has 2 rings (SSSR count). The second-order valence-corrected chi connectivity index (χ2v) is 4.44. The summed E-state index contributed by atoms with van der Waals surface area (Å²) in [4.78, 5) is 9.46. The molecule has 1 heterocycles. The SMILES string of the molecule is Cc1nccn1CCC(=NOCCN)c1ccccc1. The number of rotatable bonds is 7. The standard InChI is InChI=1S/C15H20N4O/c1-13-17-9-11-19(13)10-7-15(18-20-12-8-16)14-5-3-2-4-6-14/h2-6,9,11H,7-8,10,12,16H2,1H3. The molecule has 0 amide bonds. The van der Waals surface area contributed by atoms with Crippen LogP contribution in [0.1, 0.15) is 17.8 Å². The Morgan fingerprint density at radius 2 is 2.15 bits per heavy atom. The fourth-order valence-electron chi connectivity index (χ4n) is 1.92. The van der Waals surface area contributed by atoms with Crippen LogP contribution in [0.3, 0.4) is 0 Å². The highest BCUT2D eigenvalue weighted by Gasteiger charge is 2.06. The molecule has 0 aliphatic rings. The fourth-order valence-corrected chi connectivity index (χ4v) is 1.92. The second kappa shape index (κ2) is 7.45. The molecule has 2 aromatic rings. The number of hydrogen-bond donors (Lipinski definition) is 1. The number of imidazole rings is 1. The number of hydrogen-bond acceptors (Lipinski definition) is 4. The third-order valence-corrected chi connectivity index (χ3v) is 3.00. The van der Waals surface area contributed by atoms with Gasteiger partial charge in [0, 0.05) is 31.9 Å². The molecule has 0 radical (unpaired) electrons. The predicted octanol–water partition coefficient (Wildman–Crippen LogP) is 1.96. The van der Waals surface area contributed by atoms with Gasteiger partial charge in [-0.05, 0) is 12.5 Å². The van der Waals surface area contributed by atoms with Crippen LogP contribution in [0.4, 0.5) is 0 Å². The Balaban J connectivity index is 2.07. The Bertz CT molecular complexity index is 548. The van der Waals surface area contributed by atoms with Crippen LogP contribution in [-0.2, 0) is 11.4 Å². The molecule has 5 heteroatoms. The van der Waals surface area contributed by atoms with Crippen molar-refractivity contribution in [3.8, 4) is 0 Å². The lowest BCUT2D eigenvalue weighted by molar-refractivity contribution is 0.151. The maximum atomic E-state index is 5.42. The topological polar surface area (TPSA) is 65.4 Å². The zero-order valence-electron chi connectivity index (χ0n) is 11.7. The van der Waals surface area contributed by atoms with Crippen molar-refractivity contribution in [2.45, 2.75) is 19.9 Å². The van der Waals surface area contributed by atoms with Gasteiger partial charge >= 0.3 is 0 Å². The summed E-state index contributed by atoms with van der Waals surface area (Å²) < 4.78 is 2.10. The van der Waals surface area contributed by atoms with Gasteiger partial charge in [0.25, 0.3) is 0 Å². The Morgan fingerprint density at radius 3 is 2.80 bits per heavy atom. The van der Waals surface area contributed by atoms with Crippen LogP contribution >= 0.6 is 0 Å².